The molecule has 3 atom stereocenters. The molecular weight excluding hydrogens is 524 g/mol. The largest absolute Gasteiger partial charge is 0.379 e. The highest BCUT2D eigenvalue weighted by Gasteiger charge is 2.54. The van der Waals surface area contributed by atoms with Crippen LogP contribution in [0, 0.1) is 31.4 Å². The van der Waals surface area contributed by atoms with Crippen molar-refractivity contribution < 1.29 is 23.1 Å². The number of nitrogens with zero attached hydrogens (tertiary/aromatic N) is 3. The van der Waals surface area contributed by atoms with Crippen molar-refractivity contribution in [2.75, 3.05) is 44.3 Å². The van der Waals surface area contributed by atoms with E-state index in [1.54, 1.807) is 0 Å². The summed E-state index contributed by atoms with van der Waals surface area (Å²) in [7, 11) is 0. The molecule has 2 aromatic carbocycles. The zero-order valence-electron chi connectivity index (χ0n) is 24.6. The van der Waals surface area contributed by atoms with Gasteiger partial charge in [0.2, 0.25) is 11.8 Å². The SMILES string of the molecule is Cc1cc2c(cc1C)C1(CCN(C(=O)[C@@H]3CC(N4CCOCC4)C[C@H]3c3ccc(F)cc3F)CC1)C(=O)N2C(C)C. The van der Waals surface area contributed by atoms with Crippen molar-refractivity contribution in [3.8, 4) is 0 Å². The molecule has 41 heavy (non-hydrogen) atoms. The molecule has 220 valence electrons. The van der Waals surface area contributed by atoms with Gasteiger partial charge in [0.1, 0.15) is 11.6 Å². The van der Waals surface area contributed by atoms with Crippen LogP contribution in [0.4, 0.5) is 14.5 Å². The summed E-state index contributed by atoms with van der Waals surface area (Å²) < 4.78 is 34.4. The van der Waals surface area contributed by atoms with Crippen LogP contribution >= 0.6 is 0 Å². The monoisotopic (exact) mass is 565 g/mol. The lowest BCUT2D eigenvalue weighted by Gasteiger charge is -2.40. The average Bonchev–Trinajstić information content (AvgIpc) is 3.48. The Labute approximate surface area is 241 Å². The number of carbonyl (C=O) groups is 2. The maximum atomic E-state index is 15.1. The molecule has 0 aromatic heterocycles. The summed E-state index contributed by atoms with van der Waals surface area (Å²) in [5.41, 5.74) is 4.23. The Kier molecular flexibility index (Phi) is 7.43. The first-order valence-electron chi connectivity index (χ1n) is 15.1. The van der Waals surface area contributed by atoms with Crippen LogP contribution in [0.3, 0.4) is 0 Å². The van der Waals surface area contributed by atoms with Gasteiger partial charge in [-0.25, -0.2) is 8.78 Å². The van der Waals surface area contributed by atoms with Crippen molar-refractivity contribution in [2.45, 2.75) is 76.8 Å². The molecule has 0 bridgehead atoms. The van der Waals surface area contributed by atoms with E-state index < -0.39 is 17.0 Å². The number of likely N-dealkylation sites (tertiary alicyclic amines) is 1. The first-order valence-corrected chi connectivity index (χ1v) is 15.1. The number of carbonyl (C=O) groups excluding carboxylic acids is 2. The Hall–Kier alpha value is -2.84. The Morgan fingerprint density at radius 3 is 2.32 bits per heavy atom. The maximum Gasteiger partial charge on any atom is 0.238 e. The molecule has 3 aliphatic heterocycles. The minimum atomic E-state index is -0.622. The van der Waals surface area contributed by atoms with Gasteiger partial charge in [-0.15, -0.1) is 0 Å². The highest BCUT2D eigenvalue weighted by atomic mass is 19.1. The van der Waals surface area contributed by atoms with Crippen LogP contribution in [-0.4, -0.2) is 73.1 Å². The summed E-state index contributed by atoms with van der Waals surface area (Å²) >= 11 is 0. The van der Waals surface area contributed by atoms with E-state index in [2.05, 4.69) is 30.9 Å². The summed E-state index contributed by atoms with van der Waals surface area (Å²) in [6.45, 7) is 12.1. The van der Waals surface area contributed by atoms with Crippen LogP contribution in [0.2, 0.25) is 0 Å². The zero-order valence-corrected chi connectivity index (χ0v) is 24.6. The van der Waals surface area contributed by atoms with Gasteiger partial charge in [0.15, 0.2) is 0 Å². The number of aryl methyl sites for hydroxylation is 2. The number of hydrogen-bond donors (Lipinski definition) is 0. The van der Waals surface area contributed by atoms with Gasteiger partial charge in [-0.3, -0.25) is 14.5 Å². The Balaban J connectivity index is 1.25. The maximum absolute atomic E-state index is 15.1. The third-order valence-corrected chi connectivity index (χ3v) is 10.2. The van der Waals surface area contributed by atoms with Crippen LogP contribution < -0.4 is 4.90 Å². The number of halogens is 2. The van der Waals surface area contributed by atoms with Crippen molar-refractivity contribution in [1.29, 1.82) is 0 Å². The third-order valence-electron chi connectivity index (χ3n) is 10.2. The minimum Gasteiger partial charge on any atom is -0.379 e. The first-order chi connectivity index (χ1) is 19.6. The number of hydrogen-bond acceptors (Lipinski definition) is 4. The summed E-state index contributed by atoms with van der Waals surface area (Å²) in [5, 5.41) is 0. The molecule has 1 aliphatic carbocycles. The van der Waals surface area contributed by atoms with Gasteiger partial charge in [0.25, 0.3) is 0 Å². The predicted octanol–water partition coefficient (Wildman–Crippen LogP) is 5.09. The van der Waals surface area contributed by atoms with Crippen molar-refractivity contribution in [2.24, 2.45) is 5.92 Å². The molecule has 3 heterocycles. The van der Waals surface area contributed by atoms with Gasteiger partial charge in [0, 0.05) is 55.9 Å². The van der Waals surface area contributed by atoms with E-state index in [1.165, 1.54) is 23.3 Å². The Bertz CT molecular complexity index is 1350. The van der Waals surface area contributed by atoms with Crippen LogP contribution in [0.15, 0.2) is 30.3 Å². The van der Waals surface area contributed by atoms with Gasteiger partial charge in [-0.2, -0.15) is 0 Å². The summed E-state index contributed by atoms with van der Waals surface area (Å²) in [6, 6.07) is 8.25. The lowest BCUT2D eigenvalue weighted by atomic mass is 9.72. The standard InChI is InChI=1S/C33H41F2N3O3/c1-20(2)38-30-16-22(4)21(3)15-28(30)33(32(38)40)7-9-37(10-8-33)31(39)27-19-24(36-11-13-41-14-12-36)18-26(27)25-6-5-23(34)17-29(25)35/h5-6,15-17,20,24,26-27H,7-14,18-19H2,1-4H3/t24?,26-,27+/m0/s1. The molecule has 8 heteroatoms. The van der Waals surface area contributed by atoms with E-state index >= 15 is 4.39 Å². The van der Waals surface area contributed by atoms with E-state index in [0.717, 1.165) is 30.4 Å². The summed E-state index contributed by atoms with van der Waals surface area (Å²) in [6.07, 6.45) is 2.45. The molecular formula is C33H41F2N3O3. The van der Waals surface area contributed by atoms with Crippen LogP contribution in [0.1, 0.15) is 67.7 Å². The highest BCUT2D eigenvalue weighted by molar-refractivity contribution is 6.09. The molecule has 2 aromatic rings. The zero-order chi connectivity index (χ0) is 29.1. The second kappa shape index (κ2) is 10.8. The lowest BCUT2D eigenvalue weighted by molar-refractivity contribution is -0.139. The second-order valence-corrected chi connectivity index (χ2v) is 12.8. The van der Waals surface area contributed by atoms with E-state index in [9.17, 15) is 14.0 Å². The molecule has 1 saturated carbocycles. The molecule has 4 aliphatic rings. The van der Waals surface area contributed by atoms with Crippen LogP contribution in [-0.2, 0) is 19.7 Å². The number of fused-ring (bicyclic) bond motifs is 2. The molecule has 6 nitrogen and oxygen atoms in total. The van der Waals surface area contributed by atoms with Gasteiger partial charge in [0.05, 0.1) is 18.6 Å². The van der Waals surface area contributed by atoms with Crippen LogP contribution in [0.5, 0.6) is 0 Å². The Morgan fingerprint density at radius 2 is 1.66 bits per heavy atom. The molecule has 2 amide bonds. The number of morpholine rings is 1. The number of amides is 2. The normalized spacial score (nSPS) is 26.3. The van der Waals surface area contributed by atoms with Gasteiger partial charge >= 0.3 is 0 Å². The fourth-order valence-corrected chi connectivity index (χ4v) is 7.85. The number of piperidine rings is 1. The van der Waals surface area contributed by atoms with E-state index in [4.69, 9.17) is 4.74 Å². The smallest absolute Gasteiger partial charge is 0.238 e. The van der Waals surface area contributed by atoms with Crippen molar-refractivity contribution in [1.82, 2.24) is 9.80 Å². The number of benzene rings is 2. The Morgan fingerprint density at radius 1 is 0.976 bits per heavy atom. The lowest BCUT2D eigenvalue weighted by Crippen LogP contribution is -2.52. The quantitative estimate of drug-likeness (QED) is 0.518. The third kappa shape index (κ3) is 4.77. The van der Waals surface area contributed by atoms with Crippen molar-refractivity contribution in [3.63, 3.8) is 0 Å². The summed E-state index contributed by atoms with van der Waals surface area (Å²) in [4.78, 5) is 34.4. The molecule has 3 fully saturated rings. The van der Waals surface area contributed by atoms with Crippen molar-refractivity contribution in [3.05, 3.63) is 64.2 Å². The number of anilines is 1. The predicted molar refractivity (Wildman–Crippen MR) is 154 cm³/mol. The average molecular weight is 566 g/mol. The highest BCUT2D eigenvalue weighted by Crippen LogP contribution is 2.50. The molecule has 6 rings (SSSR count). The molecule has 0 radical (unpaired) electrons. The first kappa shape index (κ1) is 28.3. The number of rotatable bonds is 4. The molecule has 0 N–H and O–H groups in total. The van der Waals surface area contributed by atoms with Crippen molar-refractivity contribution >= 4 is 17.5 Å². The fourth-order valence-electron chi connectivity index (χ4n) is 7.85. The van der Waals surface area contributed by atoms with E-state index in [-0.39, 0.29) is 35.7 Å². The number of ether oxygens (including phenoxy) is 1. The van der Waals surface area contributed by atoms with Gasteiger partial charge in [-0.05, 0) is 93.7 Å². The topological polar surface area (TPSA) is 53.1 Å². The molecule has 1 unspecified atom stereocenters. The van der Waals surface area contributed by atoms with E-state index in [0.29, 0.717) is 57.6 Å². The molecule has 2 saturated heterocycles. The second-order valence-electron chi connectivity index (χ2n) is 12.8. The fraction of sp³-hybridized carbons (Fsp3) is 0.576. The molecule has 1 spiro atoms. The van der Waals surface area contributed by atoms with Crippen LogP contribution in [0.25, 0.3) is 0 Å². The van der Waals surface area contributed by atoms with E-state index in [1.807, 2.05) is 23.6 Å². The van der Waals surface area contributed by atoms with Gasteiger partial charge in [-0.1, -0.05) is 12.1 Å². The summed E-state index contributed by atoms with van der Waals surface area (Å²) in [5.74, 6) is -1.74. The van der Waals surface area contributed by atoms with Gasteiger partial charge < -0.3 is 14.5 Å². The minimum absolute atomic E-state index is 0.0239.